The van der Waals surface area contributed by atoms with Gasteiger partial charge in [-0.3, -0.25) is 10.1 Å². The fourth-order valence-electron chi connectivity index (χ4n) is 2.37. The van der Waals surface area contributed by atoms with E-state index in [1.54, 1.807) is 41.1 Å². The van der Waals surface area contributed by atoms with Gasteiger partial charge in [-0.1, -0.05) is 35.9 Å². The average Bonchev–Trinajstić information content (AvgIpc) is 2.87. The van der Waals surface area contributed by atoms with Gasteiger partial charge in [0.15, 0.2) is 0 Å². The molecule has 3 rings (SSSR count). The zero-order valence-electron chi connectivity index (χ0n) is 10.8. The Morgan fingerprint density at radius 3 is 2.71 bits per heavy atom. The Hall–Kier alpha value is -2.40. The minimum Gasteiger partial charge on any atom is -0.337 e. The van der Waals surface area contributed by atoms with Crippen molar-refractivity contribution in [2.24, 2.45) is 0 Å². The molecular weight excluding hydrogens is 295 g/mol. The Kier molecular flexibility index (Phi) is 3.35. The monoisotopic (exact) mass is 304 g/mol. The van der Waals surface area contributed by atoms with Crippen molar-refractivity contribution in [3.8, 4) is 0 Å². The van der Waals surface area contributed by atoms with Gasteiger partial charge in [-0.05, 0) is 12.1 Å². The molecule has 0 fully saturated rings. The Bertz CT molecular complexity index is 845. The van der Waals surface area contributed by atoms with E-state index in [2.05, 4.69) is 0 Å². The molecule has 0 atom stereocenters. The third-order valence-corrected chi connectivity index (χ3v) is 3.63. The molecule has 0 saturated heterocycles. The van der Waals surface area contributed by atoms with Crippen LogP contribution in [-0.4, -0.2) is 9.49 Å². The molecule has 0 N–H and O–H groups in total. The van der Waals surface area contributed by atoms with Crippen LogP contribution in [0.3, 0.4) is 0 Å². The zero-order chi connectivity index (χ0) is 15.0. The highest BCUT2D eigenvalue weighted by atomic mass is 35.5. The van der Waals surface area contributed by atoms with Crippen LogP contribution >= 0.6 is 11.6 Å². The maximum Gasteiger partial charge on any atom is 0.293 e. The maximum atomic E-state index is 14.0. The van der Waals surface area contributed by atoms with E-state index in [0.717, 1.165) is 5.39 Å². The van der Waals surface area contributed by atoms with Crippen LogP contribution in [-0.2, 0) is 6.54 Å². The van der Waals surface area contributed by atoms with Crippen molar-refractivity contribution in [1.82, 2.24) is 4.57 Å². The summed E-state index contributed by atoms with van der Waals surface area (Å²) in [5.74, 6) is -0.500. The lowest BCUT2D eigenvalue weighted by molar-refractivity contribution is -0.383. The van der Waals surface area contributed by atoms with E-state index >= 15 is 0 Å². The van der Waals surface area contributed by atoms with Crippen LogP contribution < -0.4 is 0 Å². The molecule has 3 aromatic rings. The van der Waals surface area contributed by atoms with Gasteiger partial charge in [0.2, 0.25) is 0 Å². The molecule has 0 unspecified atom stereocenters. The fraction of sp³-hybridized carbons (Fsp3) is 0.0667. The number of benzene rings is 2. The number of nitro groups is 1. The van der Waals surface area contributed by atoms with Crippen LogP contribution in [0.15, 0.2) is 48.7 Å². The van der Waals surface area contributed by atoms with Crippen LogP contribution in [0.1, 0.15) is 5.56 Å². The first-order valence-corrected chi connectivity index (χ1v) is 6.61. The molecule has 0 aliphatic rings. The second-order valence-electron chi connectivity index (χ2n) is 4.63. The van der Waals surface area contributed by atoms with Crippen molar-refractivity contribution in [2.45, 2.75) is 6.54 Å². The standard InChI is InChI=1S/C15H10ClFN2O2/c16-12-5-1-4-11(14(12)17)9-18-8-7-10-3-2-6-13(15(10)18)19(20)21/h1-8H,9H2. The SMILES string of the molecule is O=[N+]([O-])c1cccc2ccn(Cc3cccc(Cl)c3F)c12. The predicted molar refractivity (Wildman–Crippen MR) is 79.1 cm³/mol. The molecule has 0 bridgehead atoms. The molecule has 2 aromatic carbocycles. The van der Waals surface area contributed by atoms with E-state index in [1.165, 1.54) is 12.1 Å². The van der Waals surface area contributed by atoms with Gasteiger partial charge in [-0.25, -0.2) is 4.39 Å². The number of aromatic nitrogens is 1. The fourth-order valence-corrected chi connectivity index (χ4v) is 2.57. The van der Waals surface area contributed by atoms with Crippen LogP contribution in [0.4, 0.5) is 10.1 Å². The smallest absolute Gasteiger partial charge is 0.293 e. The van der Waals surface area contributed by atoms with Crippen LogP contribution in [0, 0.1) is 15.9 Å². The quantitative estimate of drug-likeness (QED) is 0.532. The van der Waals surface area contributed by atoms with Crippen molar-refractivity contribution < 1.29 is 9.31 Å². The third-order valence-electron chi connectivity index (χ3n) is 3.34. The van der Waals surface area contributed by atoms with Gasteiger partial charge in [0.25, 0.3) is 5.69 Å². The Labute approximate surface area is 124 Å². The van der Waals surface area contributed by atoms with E-state index in [1.807, 2.05) is 0 Å². The minimum absolute atomic E-state index is 0.0000591. The molecule has 0 aliphatic carbocycles. The highest BCUT2D eigenvalue weighted by molar-refractivity contribution is 6.30. The summed E-state index contributed by atoms with van der Waals surface area (Å²) in [6.07, 6.45) is 1.71. The average molecular weight is 305 g/mol. The maximum absolute atomic E-state index is 14.0. The Balaban J connectivity index is 2.13. The normalized spacial score (nSPS) is 11.0. The summed E-state index contributed by atoms with van der Waals surface area (Å²) in [5, 5.41) is 11.9. The van der Waals surface area contributed by atoms with Crippen molar-refractivity contribution >= 4 is 28.2 Å². The molecule has 0 radical (unpaired) electrons. The van der Waals surface area contributed by atoms with E-state index in [4.69, 9.17) is 11.6 Å². The molecule has 0 saturated carbocycles. The molecule has 6 heteroatoms. The molecule has 1 aromatic heterocycles. The summed E-state index contributed by atoms with van der Waals surface area (Å²) >= 11 is 5.76. The van der Waals surface area contributed by atoms with Gasteiger partial charge in [-0.2, -0.15) is 0 Å². The predicted octanol–water partition coefficient (Wildman–Crippen LogP) is 4.39. The number of hydrogen-bond acceptors (Lipinski definition) is 2. The number of nitro benzene ring substituents is 1. The van der Waals surface area contributed by atoms with Gasteiger partial charge in [-0.15, -0.1) is 0 Å². The second-order valence-corrected chi connectivity index (χ2v) is 5.04. The van der Waals surface area contributed by atoms with Crippen LogP contribution in [0.25, 0.3) is 10.9 Å². The van der Waals surface area contributed by atoms with Crippen molar-refractivity contribution in [2.75, 3.05) is 0 Å². The molecular formula is C15H10ClFN2O2. The van der Waals surface area contributed by atoms with Gasteiger partial charge >= 0.3 is 0 Å². The molecule has 0 amide bonds. The summed E-state index contributed by atoms with van der Waals surface area (Å²) in [6, 6.07) is 11.4. The van der Waals surface area contributed by atoms with Crippen LogP contribution in [0.2, 0.25) is 5.02 Å². The first kappa shape index (κ1) is 13.6. The molecule has 0 spiro atoms. The molecule has 1 heterocycles. The van der Waals surface area contributed by atoms with Crippen molar-refractivity contribution in [3.63, 3.8) is 0 Å². The lowest BCUT2D eigenvalue weighted by Crippen LogP contribution is -2.02. The highest BCUT2D eigenvalue weighted by Crippen LogP contribution is 2.28. The van der Waals surface area contributed by atoms with E-state index in [-0.39, 0.29) is 17.3 Å². The summed E-state index contributed by atoms with van der Waals surface area (Å²) in [7, 11) is 0. The van der Waals surface area contributed by atoms with Gasteiger partial charge in [0.1, 0.15) is 11.3 Å². The third kappa shape index (κ3) is 2.36. The van der Waals surface area contributed by atoms with Gasteiger partial charge in [0, 0.05) is 23.2 Å². The number of fused-ring (bicyclic) bond motifs is 1. The van der Waals surface area contributed by atoms with Gasteiger partial charge in [0.05, 0.1) is 16.5 Å². The molecule has 0 aliphatic heterocycles. The second kappa shape index (κ2) is 5.18. The lowest BCUT2D eigenvalue weighted by atomic mass is 10.2. The number of para-hydroxylation sites is 1. The Morgan fingerprint density at radius 1 is 1.19 bits per heavy atom. The number of rotatable bonds is 3. The van der Waals surface area contributed by atoms with Gasteiger partial charge < -0.3 is 4.57 Å². The highest BCUT2D eigenvalue weighted by Gasteiger charge is 2.16. The Morgan fingerprint density at radius 2 is 1.95 bits per heavy atom. The van der Waals surface area contributed by atoms with E-state index in [0.29, 0.717) is 11.1 Å². The summed E-state index contributed by atoms with van der Waals surface area (Å²) in [4.78, 5) is 10.7. The van der Waals surface area contributed by atoms with E-state index < -0.39 is 10.7 Å². The summed E-state index contributed by atoms with van der Waals surface area (Å²) in [5.41, 5.74) is 0.861. The van der Waals surface area contributed by atoms with E-state index in [9.17, 15) is 14.5 Å². The molecule has 106 valence electrons. The van der Waals surface area contributed by atoms with Crippen molar-refractivity contribution in [3.05, 3.63) is 75.2 Å². The molecule has 4 nitrogen and oxygen atoms in total. The number of halogens is 2. The summed E-state index contributed by atoms with van der Waals surface area (Å²) < 4.78 is 15.6. The number of non-ortho nitro benzene ring substituents is 1. The minimum atomic E-state index is -0.500. The number of hydrogen-bond donors (Lipinski definition) is 0. The topological polar surface area (TPSA) is 48.1 Å². The number of nitrogens with zero attached hydrogens (tertiary/aromatic N) is 2. The lowest BCUT2D eigenvalue weighted by Gasteiger charge is -2.08. The van der Waals surface area contributed by atoms with Crippen LogP contribution in [0.5, 0.6) is 0 Å². The largest absolute Gasteiger partial charge is 0.337 e. The first-order valence-electron chi connectivity index (χ1n) is 6.23. The summed E-state index contributed by atoms with van der Waals surface area (Å²) in [6.45, 7) is 0.181. The molecule has 21 heavy (non-hydrogen) atoms. The first-order chi connectivity index (χ1) is 10.1. The zero-order valence-corrected chi connectivity index (χ0v) is 11.5. The van der Waals surface area contributed by atoms with Crippen molar-refractivity contribution in [1.29, 1.82) is 0 Å².